The van der Waals surface area contributed by atoms with Crippen molar-refractivity contribution in [2.75, 3.05) is 31.1 Å². The number of fused-ring (bicyclic) bond motifs is 2. The van der Waals surface area contributed by atoms with E-state index >= 15 is 4.79 Å². The van der Waals surface area contributed by atoms with Crippen LogP contribution in [0.1, 0.15) is 25.3 Å². The zero-order valence-corrected chi connectivity index (χ0v) is 29.1. The molecule has 3 saturated heterocycles. The molecule has 3 heterocycles. The highest BCUT2D eigenvalue weighted by atomic mass is 79.9. The number of nitrogens with zero attached hydrogens (tertiary/aromatic N) is 3. The average Bonchev–Trinajstić information content (AvgIpc) is 3.68. The number of rotatable bonds is 13. The van der Waals surface area contributed by atoms with Gasteiger partial charge in [-0.3, -0.25) is 14.4 Å². The van der Waals surface area contributed by atoms with Crippen molar-refractivity contribution >= 4 is 61.9 Å². The van der Waals surface area contributed by atoms with E-state index in [0.29, 0.717) is 31.6 Å². The third-order valence-corrected chi connectivity index (χ3v) is 13.2. The Morgan fingerprint density at radius 3 is 2.43 bits per heavy atom. The van der Waals surface area contributed by atoms with Gasteiger partial charge in [0.2, 0.25) is 11.8 Å². The Labute approximate surface area is 289 Å². The summed E-state index contributed by atoms with van der Waals surface area (Å²) in [6, 6.07) is 22.1. The van der Waals surface area contributed by atoms with Gasteiger partial charge in [-0.2, -0.15) is 0 Å². The molecule has 7 atom stereocenters. The van der Waals surface area contributed by atoms with Gasteiger partial charge in [-0.1, -0.05) is 95.7 Å². The molecule has 3 aliphatic heterocycles. The SMILES string of the molecule is C=CCN(CCC)C(=O)[C@H]1[C@@H]2SC3(CC2Br)C(C(=O)N(CC=C)c2ccc4ccccc4c2)N([C@@H](CO)Cc2ccccc2)C(=O)[C@H]13. The maximum Gasteiger partial charge on any atom is 0.251 e. The normalized spacial score (nSPS) is 26.7. The molecule has 47 heavy (non-hydrogen) atoms. The fourth-order valence-corrected chi connectivity index (χ4v) is 11.6. The predicted molar refractivity (Wildman–Crippen MR) is 194 cm³/mol. The number of hydrogen-bond donors (Lipinski definition) is 1. The molecule has 0 saturated carbocycles. The molecule has 246 valence electrons. The number of likely N-dealkylation sites (tertiary alicyclic amines) is 1. The van der Waals surface area contributed by atoms with Gasteiger partial charge in [-0.25, -0.2) is 0 Å². The van der Waals surface area contributed by atoms with Crippen LogP contribution >= 0.6 is 27.7 Å². The average molecular weight is 717 g/mol. The molecule has 0 aromatic heterocycles. The monoisotopic (exact) mass is 715 g/mol. The largest absolute Gasteiger partial charge is 0.394 e. The van der Waals surface area contributed by atoms with Crippen LogP contribution in [0.3, 0.4) is 0 Å². The molecule has 1 N–H and O–H groups in total. The Bertz CT molecular complexity index is 1670. The maximum atomic E-state index is 15.2. The van der Waals surface area contributed by atoms with Crippen molar-refractivity contribution in [1.29, 1.82) is 0 Å². The third-order valence-electron chi connectivity index (χ3n) is 9.94. The number of alkyl halides is 1. The molecular formula is C38H42BrN3O4S. The lowest BCUT2D eigenvalue weighted by molar-refractivity contribution is -0.145. The van der Waals surface area contributed by atoms with Gasteiger partial charge in [0.1, 0.15) is 6.04 Å². The van der Waals surface area contributed by atoms with Gasteiger partial charge < -0.3 is 19.8 Å². The Morgan fingerprint density at radius 2 is 1.74 bits per heavy atom. The van der Waals surface area contributed by atoms with Crippen LogP contribution in [0, 0.1) is 11.8 Å². The van der Waals surface area contributed by atoms with Crippen molar-refractivity contribution < 1.29 is 19.5 Å². The molecule has 3 unspecified atom stereocenters. The molecule has 0 radical (unpaired) electrons. The minimum atomic E-state index is -0.890. The highest BCUT2D eigenvalue weighted by Crippen LogP contribution is 2.68. The molecule has 3 aromatic carbocycles. The number of halogens is 1. The molecular weight excluding hydrogens is 674 g/mol. The topological polar surface area (TPSA) is 81.2 Å². The second kappa shape index (κ2) is 14.0. The van der Waals surface area contributed by atoms with E-state index in [1.807, 2.05) is 79.7 Å². The van der Waals surface area contributed by atoms with Gasteiger partial charge in [-0.05, 0) is 47.7 Å². The van der Waals surface area contributed by atoms with E-state index in [1.54, 1.807) is 38.6 Å². The molecule has 0 aliphatic carbocycles. The van der Waals surface area contributed by atoms with Crippen LogP contribution < -0.4 is 4.90 Å². The molecule has 9 heteroatoms. The lowest BCUT2D eigenvalue weighted by atomic mass is 9.70. The fourth-order valence-electron chi connectivity index (χ4n) is 8.03. The molecule has 3 fully saturated rings. The minimum absolute atomic E-state index is 0.0526. The number of amides is 3. The van der Waals surface area contributed by atoms with Crippen LogP contribution in [-0.4, -0.2) is 85.8 Å². The number of benzene rings is 3. The van der Waals surface area contributed by atoms with Crippen molar-refractivity contribution in [2.45, 2.75) is 53.1 Å². The van der Waals surface area contributed by atoms with Crippen molar-refractivity contribution in [1.82, 2.24) is 9.80 Å². The summed E-state index contributed by atoms with van der Waals surface area (Å²) in [7, 11) is 0. The van der Waals surface area contributed by atoms with Crippen molar-refractivity contribution in [3.8, 4) is 0 Å². The minimum Gasteiger partial charge on any atom is -0.394 e. The van der Waals surface area contributed by atoms with Crippen LogP contribution in [0.25, 0.3) is 10.8 Å². The van der Waals surface area contributed by atoms with E-state index in [9.17, 15) is 14.7 Å². The van der Waals surface area contributed by atoms with Crippen molar-refractivity contribution in [3.05, 3.63) is 104 Å². The zero-order valence-electron chi connectivity index (χ0n) is 26.7. The van der Waals surface area contributed by atoms with Gasteiger partial charge in [0.05, 0.1) is 29.2 Å². The van der Waals surface area contributed by atoms with Gasteiger partial charge in [0, 0.05) is 35.4 Å². The second-order valence-electron chi connectivity index (χ2n) is 12.8. The molecule has 1 spiro atoms. The summed E-state index contributed by atoms with van der Waals surface area (Å²) in [5, 5.41) is 12.8. The molecule has 3 amide bonds. The van der Waals surface area contributed by atoms with E-state index in [4.69, 9.17) is 0 Å². The first-order valence-corrected chi connectivity index (χ1v) is 18.2. The molecule has 3 aromatic rings. The molecule has 6 rings (SSSR count). The Morgan fingerprint density at radius 1 is 1.04 bits per heavy atom. The van der Waals surface area contributed by atoms with Crippen molar-refractivity contribution in [2.24, 2.45) is 11.8 Å². The summed E-state index contributed by atoms with van der Waals surface area (Å²) in [4.78, 5) is 49.6. The Balaban J connectivity index is 1.47. The molecule has 3 aliphatic rings. The van der Waals surface area contributed by atoms with E-state index in [0.717, 1.165) is 22.8 Å². The number of carbonyl (C=O) groups is 3. The number of aliphatic hydroxyl groups excluding tert-OH is 1. The number of thioether (sulfide) groups is 1. The standard InChI is InChI=1S/C38H42BrN3O4S/c1-4-18-40(19-5-2)35(44)31-32-36(45)42(29(24-43)21-25-12-8-7-9-13-25)34(38(32)23-30(39)33(31)47-38)37(46)41(20-6-3)28-17-16-26-14-10-11-15-27(26)22-28/h4,6-17,22,29-34,43H,1,3,5,18-21,23-24H2,2H3/t29-,30?,31-,32+,33-,34?,38?/m1/s1. The summed E-state index contributed by atoms with van der Waals surface area (Å²) in [6.07, 6.45) is 5.16. The first-order chi connectivity index (χ1) is 22.8. The van der Waals surface area contributed by atoms with Crippen molar-refractivity contribution in [3.63, 3.8) is 0 Å². The summed E-state index contributed by atoms with van der Waals surface area (Å²) in [6.45, 7) is 10.8. The lowest BCUT2D eigenvalue weighted by Gasteiger charge is -2.40. The highest BCUT2D eigenvalue weighted by molar-refractivity contribution is 9.09. The predicted octanol–water partition coefficient (Wildman–Crippen LogP) is 5.85. The smallest absolute Gasteiger partial charge is 0.251 e. The van der Waals surface area contributed by atoms with Gasteiger partial charge in [0.25, 0.3) is 5.91 Å². The Hall–Kier alpha value is -3.40. The molecule has 7 nitrogen and oxygen atoms in total. The van der Waals surface area contributed by atoms with Crippen LogP contribution in [0.4, 0.5) is 5.69 Å². The van der Waals surface area contributed by atoms with Gasteiger partial charge in [0.15, 0.2) is 0 Å². The van der Waals surface area contributed by atoms with E-state index in [2.05, 4.69) is 29.1 Å². The Kier molecular flexibility index (Phi) is 9.97. The summed E-state index contributed by atoms with van der Waals surface area (Å²) in [5.41, 5.74) is 1.67. The van der Waals surface area contributed by atoms with Gasteiger partial charge >= 0.3 is 0 Å². The fraction of sp³-hybridized carbons (Fsp3) is 0.395. The highest BCUT2D eigenvalue weighted by Gasteiger charge is 2.76. The molecule has 2 bridgehead atoms. The lowest BCUT2D eigenvalue weighted by Crippen LogP contribution is -2.58. The maximum absolute atomic E-state index is 15.2. The van der Waals surface area contributed by atoms with E-state index in [1.165, 1.54) is 0 Å². The van der Waals surface area contributed by atoms with Crippen LogP contribution in [-0.2, 0) is 20.8 Å². The quantitative estimate of drug-likeness (QED) is 0.178. The number of anilines is 1. The third kappa shape index (κ3) is 5.85. The van der Waals surface area contributed by atoms with E-state index in [-0.39, 0.29) is 41.0 Å². The summed E-state index contributed by atoms with van der Waals surface area (Å²) < 4.78 is -0.847. The second-order valence-corrected chi connectivity index (χ2v) is 15.5. The van der Waals surface area contributed by atoms with Crippen LogP contribution in [0.5, 0.6) is 0 Å². The summed E-state index contributed by atoms with van der Waals surface area (Å²) in [5.74, 6) is -1.80. The number of aliphatic hydroxyl groups is 1. The van der Waals surface area contributed by atoms with E-state index < -0.39 is 28.7 Å². The number of hydrogen-bond acceptors (Lipinski definition) is 5. The van der Waals surface area contributed by atoms with Crippen LogP contribution in [0.15, 0.2) is 98.1 Å². The summed E-state index contributed by atoms with van der Waals surface area (Å²) >= 11 is 5.52. The van der Waals surface area contributed by atoms with Crippen LogP contribution in [0.2, 0.25) is 0 Å². The first-order valence-electron chi connectivity index (χ1n) is 16.4. The zero-order chi connectivity index (χ0) is 33.3. The van der Waals surface area contributed by atoms with Gasteiger partial charge in [-0.15, -0.1) is 24.9 Å². The first kappa shape index (κ1) is 33.5. The number of carbonyl (C=O) groups excluding carboxylic acids is 3.